The molecule has 0 aliphatic carbocycles. The van der Waals surface area contributed by atoms with Gasteiger partial charge in [0.1, 0.15) is 0 Å². The normalized spacial score (nSPS) is 20.9. The van der Waals surface area contributed by atoms with Crippen LogP contribution in [0.25, 0.3) is 0 Å². The molecule has 2 aliphatic rings. The first kappa shape index (κ1) is 16.2. The molecule has 132 valence electrons. The van der Waals surface area contributed by atoms with Crippen LogP contribution in [-0.2, 0) is 0 Å². The van der Waals surface area contributed by atoms with Gasteiger partial charge in [-0.25, -0.2) is 0 Å². The van der Waals surface area contributed by atoms with Gasteiger partial charge in [-0.3, -0.25) is 9.89 Å². The third-order valence-electron chi connectivity index (χ3n) is 5.55. The van der Waals surface area contributed by atoms with Gasteiger partial charge in [-0.15, -0.1) is 0 Å². The second kappa shape index (κ2) is 6.90. The summed E-state index contributed by atoms with van der Waals surface area (Å²) in [6.07, 6.45) is 7.60. The zero-order valence-electron chi connectivity index (χ0n) is 14.9. The second-order valence-electron chi connectivity index (χ2n) is 7.22. The summed E-state index contributed by atoms with van der Waals surface area (Å²) in [6, 6.07) is 8.28. The summed E-state index contributed by atoms with van der Waals surface area (Å²) in [5.74, 6) is 0.131. The molecule has 4 rings (SSSR count). The summed E-state index contributed by atoms with van der Waals surface area (Å²) >= 11 is 0. The van der Waals surface area contributed by atoms with Crippen molar-refractivity contribution in [1.82, 2.24) is 15.1 Å². The van der Waals surface area contributed by atoms with Crippen molar-refractivity contribution in [1.29, 1.82) is 0 Å². The van der Waals surface area contributed by atoms with Crippen LogP contribution in [-0.4, -0.2) is 40.6 Å². The van der Waals surface area contributed by atoms with Crippen molar-refractivity contribution in [2.75, 3.05) is 24.5 Å². The molecule has 5 heteroatoms. The van der Waals surface area contributed by atoms with E-state index in [4.69, 9.17) is 0 Å². The molecule has 2 aliphatic heterocycles. The van der Waals surface area contributed by atoms with Gasteiger partial charge in [-0.2, -0.15) is 5.10 Å². The highest BCUT2D eigenvalue weighted by Crippen LogP contribution is 2.32. The predicted molar refractivity (Wildman–Crippen MR) is 98.8 cm³/mol. The van der Waals surface area contributed by atoms with Crippen LogP contribution >= 0.6 is 0 Å². The Kier molecular flexibility index (Phi) is 4.47. The van der Waals surface area contributed by atoms with E-state index in [9.17, 15) is 4.79 Å². The van der Waals surface area contributed by atoms with Crippen molar-refractivity contribution >= 4 is 11.6 Å². The van der Waals surface area contributed by atoms with Gasteiger partial charge in [0.15, 0.2) is 0 Å². The Labute approximate surface area is 149 Å². The Morgan fingerprint density at radius 2 is 1.80 bits per heavy atom. The molecule has 1 unspecified atom stereocenters. The average molecular weight is 338 g/mol. The zero-order valence-corrected chi connectivity index (χ0v) is 14.9. The van der Waals surface area contributed by atoms with Crippen molar-refractivity contribution in [2.45, 2.75) is 45.1 Å². The van der Waals surface area contributed by atoms with E-state index in [1.807, 2.05) is 23.2 Å². The molecule has 0 bridgehead atoms. The molecule has 2 saturated heterocycles. The molecule has 0 radical (unpaired) electrons. The van der Waals surface area contributed by atoms with Crippen molar-refractivity contribution in [3.05, 3.63) is 47.3 Å². The van der Waals surface area contributed by atoms with Gasteiger partial charge in [-0.05, 0) is 68.9 Å². The maximum Gasteiger partial charge on any atom is 0.254 e. The number of likely N-dealkylation sites (tertiary alicyclic amines) is 1. The summed E-state index contributed by atoms with van der Waals surface area (Å²) in [7, 11) is 0. The molecular formula is C20H26N4O. The maximum atomic E-state index is 13.1. The number of aromatic nitrogens is 2. The van der Waals surface area contributed by atoms with Crippen LogP contribution in [0.15, 0.2) is 30.5 Å². The van der Waals surface area contributed by atoms with Crippen LogP contribution in [0.3, 0.4) is 0 Å². The molecule has 2 aromatic rings. The Morgan fingerprint density at radius 1 is 1.08 bits per heavy atom. The highest BCUT2D eigenvalue weighted by Gasteiger charge is 2.30. The van der Waals surface area contributed by atoms with Crippen LogP contribution < -0.4 is 4.90 Å². The van der Waals surface area contributed by atoms with Crippen molar-refractivity contribution < 1.29 is 4.79 Å². The van der Waals surface area contributed by atoms with Crippen LogP contribution in [0.5, 0.6) is 0 Å². The van der Waals surface area contributed by atoms with Crippen molar-refractivity contribution in [3.8, 4) is 0 Å². The average Bonchev–Trinajstić information content (AvgIpc) is 3.33. The zero-order chi connectivity index (χ0) is 17.2. The summed E-state index contributed by atoms with van der Waals surface area (Å²) in [5.41, 5.74) is 4.23. The smallest absolute Gasteiger partial charge is 0.254 e. The number of anilines is 1. The Hall–Kier alpha value is -2.30. The quantitative estimate of drug-likeness (QED) is 0.929. The van der Waals surface area contributed by atoms with Crippen LogP contribution in [0.4, 0.5) is 5.69 Å². The molecule has 0 saturated carbocycles. The second-order valence-corrected chi connectivity index (χ2v) is 7.22. The number of piperidine rings is 1. The molecule has 5 nitrogen and oxygen atoms in total. The van der Waals surface area contributed by atoms with E-state index in [2.05, 4.69) is 34.2 Å². The van der Waals surface area contributed by atoms with E-state index < -0.39 is 0 Å². The summed E-state index contributed by atoms with van der Waals surface area (Å²) in [5, 5.41) is 7.26. The van der Waals surface area contributed by atoms with Gasteiger partial charge in [0.05, 0.1) is 17.9 Å². The lowest BCUT2D eigenvalue weighted by atomic mass is 9.96. The number of hydrogen-bond donors (Lipinski definition) is 1. The lowest BCUT2D eigenvalue weighted by molar-refractivity contribution is 0.0605. The molecule has 1 amide bonds. The number of amides is 1. The molecule has 2 fully saturated rings. The minimum absolute atomic E-state index is 0.113. The van der Waals surface area contributed by atoms with Crippen LogP contribution in [0.1, 0.15) is 59.8 Å². The largest absolute Gasteiger partial charge is 0.372 e. The Balaban J connectivity index is 1.55. The molecular weight excluding hydrogens is 312 g/mol. The number of carbonyl (C=O) groups is 1. The molecule has 25 heavy (non-hydrogen) atoms. The maximum absolute atomic E-state index is 13.1. The monoisotopic (exact) mass is 338 g/mol. The van der Waals surface area contributed by atoms with Crippen molar-refractivity contribution in [3.63, 3.8) is 0 Å². The summed E-state index contributed by atoms with van der Waals surface area (Å²) in [4.78, 5) is 17.5. The number of H-pyrrole nitrogens is 1. The standard InChI is InChI=1S/C20H26N4O/c1-15-14-21-22-19(15)18-6-2-3-13-24(18)20(25)16-7-9-17(10-8-16)23-11-4-5-12-23/h7-10,14,18H,2-6,11-13H2,1H3,(H,21,22). The van der Waals surface area contributed by atoms with Gasteiger partial charge in [0, 0.05) is 30.9 Å². The highest BCUT2D eigenvalue weighted by molar-refractivity contribution is 5.95. The minimum Gasteiger partial charge on any atom is -0.372 e. The first-order valence-corrected chi connectivity index (χ1v) is 9.40. The SMILES string of the molecule is Cc1cn[nH]c1C1CCCCN1C(=O)c1ccc(N2CCCC2)cc1. The lowest BCUT2D eigenvalue weighted by Crippen LogP contribution is -2.39. The first-order chi connectivity index (χ1) is 12.2. The molecule has 0 spiro atoms. The number of nitrogens with one attached hydrogen (secondary N) is 1. The molecule has 1 aromatic carbocycles. The molecule has 3 heterocycles. The number of aromatic amines is 1. The van der Waals surface area contributed by atoms with E-state index in [-0.39, 0.29) is 11.9 Å². The minimum atomic E-state index is 0.113. The van der Waals surface area contributed by atoms with Gasteiger partial charge in [-0.1, -0.05) is 0 Å². The molecule has 1 aromatic heterocycles. The number of nitrogens with zero attached hydrogens (tertiary/aromatic N) is 3. The summed E-state index contributed by atoms with van der Waals surface area (Å²) in [6.45, 7) is 5.12. The van der Waals surface area contributed by atoms with Crippen LogP contribution in [0, 0.1) is 6.92 Å². The molecule has 1 N–H and O–H groups in total. The van der Waals surface area contributed by atoms with Gasteiger partial charge < -0.3 is 9.80 Å². The van der Waals surface area contributed by atoms with E-state index in [0.717, 1.165) is 55.7 Å². The number of hydrogen-bond acceptors (Lipinski definition) is 3. The number of carbonyl (C=O) groups excluding carboxylic acids is 1. The lowest BCUT2D eigenvalue weighted by Gasteiger charge is -2.35. The Bertz CT molecular complexity index is 730. The number of aryl methyl sites for hydroxylation is 1. The van der Waals surface area contributed by atoms with E-state index in [1.54, 1.807) is 0 Å². The molecule has 1 atom stereocenters. The fourth-order valence-electron chi connectivity index (χ4n) is 4.12. The number of benzene rings is 1. The third kappa shape index (κ3) is 3.15. The first-order valence-electron chi connectivity index (χ1n) is 9.40. The number of rotatable bonds is 3. The fourth-order valence-corrected chi connectivity index (χ4v) is 4.12. The van der Waals surface area contributed by atoms with E-state index in [0.29, 0.717) is 0 Å². The Morgan fingerprint density at radius 3 is 2.48 bits per heavy atom. The van der Waals surface area contributed by atoms with Crippen LogP contribution in [0.2, 0.25) is 0 Å². The fraction of sp³-hybridized carbons (Fsp3) is 0.500. The van der Waals surface area contributed by atoms with Gasteiger partial charge >= 0.3 is 0 Å². The summed E-state index contributed by atoms with van der Waals surface area (Å²) < 4.78 is 0. The van der Waals surface area contributed by atoms with E-state index in [1.165, 1.54) is 18.5 Å². The highest BCUT2D eigenvalue weighted by atomic mass is 16.2. The topological polar surface area (TPSA) is 52.2 Å². The van der Waals surface area contributed by atoms with Gasteiger partial charge in [0.25, 0.3) is 5.91 Å². The third-order valence-corrected chi connectivity index (χ3v) is 5.55. The van der Waals surface area contributed by atoms with Crippen molar-refractivity contribution in [2.24, 2.45) is 0 Å². The predicted octanol–water partition coefficient (Wildman–Crippen LogP) is 3.69. The van der Waals surface area contributed by atoms with E-state index >= 15 is 0 Å². The van der Waals surface area contributed by atoms with Gasteiger partial charge in [0.2, 0.25) is 0 Å².